The zero-order valence-corrected chi connectivity index (χ0v) is 18.2. The van der Waals surface area contributed by atoms with Crippen LogP contribution >= 0.6 is 11.3 Å². The van der Waals surface area contributed by atoms with Gasteiger partial charge >= 0.3 is 0 Å². The van der Waals surface area contributed by atoms with Gasteiger partial charge in [-0.05, 0) is 50.2 Å². The van der Waals surface area contributed by atoms with Gasteiger partial charge in [0.25, 0.3) is 11.8 Å². The fourth-order valence-electron chi connectivity index (χ4n) is 4.12. The fourth-order valence-corrected chi connectivity index (χ4v) is 5.22. The van der Waals surface area contributed by atoms with E-state index in [0.717, 1.165) is 27.3 Å². The first-order chi connectivity index (χ1) is 15.0. The van der Waals surface area contributed by atoms with E-state index in [4.69, 9.17) is 4.42 Å². The number of rotatable bonds is 3. The summed E-state index contributed by atoms with van der Waals surface area (Å²) in [4.78, 5) is 35.7. The van der Waals surface area contributed by atoms with Gasteiger partial charge in [0.15, 0.2) is 5.76 Å². The summed E-state index contributed by atoms with van der Waals surface area (Å²) in [5, 5.41) is 0.977. The maximum absolute atomic E-state index is 13.6. The van der Waals surface area contributed by atoms with Crippen molar-refractivity contribution in [1.82, 2.24) is 19.4 Å². The molecule has 0 radical (unpaired) electrons. The third-order valence-electron chi connectivity index (χ3n) is 5.72. The smallest absolute Gasteiger partial charge is 0.289 e. The van der Waals surface area contributed by atoms with Gasteiger partial charge in [0.1, 0.15) is 9.71 Å². The lowest BCUT2D eigenvalue weighted by molar-refractivity contribution is 0.0520. The molecule has 158 valence electrons. The van der Waals surface area contributed by atoms with Gasteiger partial charge in [0.05, 0.1) is 12.0 Å². The van der Waals surface area contributed by atoms with Crippen molar-refractivity contribution < 1.29 is 14.0 Å². The van der Waals surface area contributed by atoms with Crippen LogP contribution in [0.5, 0.6) is 0 Å². The summed E-state index contributed by atoms with van der Waals surface area (Å²) in [6, 6.07) is 11.4. The highest BCUT2D eigenvalue weighted by Gasteiger charge is 2.30. The van der Waals surface area contributed by atoms with Gasteiger partial charge < -0.3 is 18.8 Å². The third kappa shape index (κ3) is 3.33. The lowest BCUT2D eigenvalue weighted by Gasteiger charge is -2.34. The van der Waals surface area contributed by atoms with Crippen molar-refractivity contribution in [2.75, 3.05) is 26.2 Å². The molecule has 2 amide bonds. The van der Waals surface area contributed by atoms with E-state index in [1.165, 1.54) is 17.6 Å². The van der Waals surface area contributed by atoms with Gasteiger partial charge in [-0.15, -0.1) is 11.3 Å². The zero-order valence-electron chi connectivity index (χ0n) is 17.4. The molecule has 1 aliphatic rings. The number of furan rings is 1. The third-order valence-corrected chi connectivity index (χ3v) is 6.81. The molecule has 5 rings (SSSR count). The number of carbonyl (C=O) groups is 2. The molecule has 8 heteroatoms. The van der Waals surface area contributed by atoms with E-state index in [1.807, 2.05) is 30.9 Å². The van der Waals surface area contributed by atoms with Gasteiger partial charge in [-0.2, -0.15) is 0 Å². The molecule has 1 fully saturated rings. The molecule has 0 aromatic carbocycles. The van der Waals surface area contributed by atoms with Crippen LogP contribution in [0.4, 0.5) is 0 Å². The van der Waals surface area contributed by atoms with Crippen molar-refractivity contribution in [3.05, 3.63) is 70.9 Å². The average Bonchev–Trinajstić information content (AvgIpc) is 3.52. The molecule has 5 heterocycles. The minimum atomic E-state index is -0.137. The molecule has 4 aromatic heterocycles. The number of nitrogens with zero attached hydrogens (tertiary/aromatic N) is 4. The molecule has 1 aliphatic heterocycles. The Kier molecular flexibility index (Phi) is 4.86. The number of piperazine rings is 1. The number of amides is 2. The van der Waals surface area contributed by atoms with Crippen molar-refractivity contribution in [3.8, 4) is 5.69 Å². The van der Waals surface area contributed by atoms with Crippen LogP contribution in [0.1, 0.15) is 31.6 Å². The maximum Gasteiger partial charge on any atom is 0.289 e. The molecule has 1 saturated heterocycles. The average molecular weight is 435 g/mol. The number of aromatic nitrogens is 2. The molecule has 0 spiro atoms. The van der Waals surface area contributed by atoms with Crippen LogP contribution in [0.2, 0.25) is 0 Å². The SMILES string of the molecule is Cc1ccc(C)n1-c1c(C(=O)N2CCN(C(=O)c3ccco3)CC2)sc2ncccc12. The first-order valence-corrected chi connectivity index (χ1v) is 11.0. The quantitative estimate of drug-likeness (QED) is 0.490. The lowest BCUT2D eigenvalue weighted by atomic mass is 10.2. The van der Waals surface area contributed by atoms with Crippen LogP contribution in [0.3, 0.4) is 0 Å². The summed E-state index contributed by atoms with van der Waals surface area (Å²) >= 11 is 1.43. The van der Waals surface area contributed by atoms with Crippen LogP contribution < -0.4 is 0 Å². The van der Waals surface area contributed by atoms with E-state index in [2.05, 4.69) is 21.7 Å². The Morgan fingerprint density at radius 2 is 1.61 bits per heavy atom. The van der Waals surface area contributed by atoms with E-state index in [0.29, 0.717) is 36.8 Å². The maximum atomic E-state index is 13.6. The zero-order chi connectivity index (χ0) is 21.5. The highest BCUT2D eigenvalue weighted by Crippen LogP contribution is 2.35. The second-order valence-electron chi connectivity index (χ2n) is 7.65. The summed E-state index contributed by atoms with van der Waals surface area (Å²) in [7, 11) is 0. The molecule has 7 nitrogen and oxygen atoms in total. The molecule has 0 aliphatic carbocycles. The number of pyridine rings is 1. The van der Waals surface area contributed by atoms with E-state index in [-0.39, 0.29) is 11.8 Å². The van der Waals surface area contributed by atoms with Gasteiger partial charge in [-0.1, -0.05) is 0 Å². The Bertz CT molecular complexity index is 1240. The fraction of sp³-hybridized carbons (Fsp3) is 0.261. The second kappa shape index (κ2) is 7.70. The van der Waals surface area contributed by atoms with Gasteiger partial charge in [-0.25, -0.2) is 4.98 Å². The summed E-state index contributed by atoms with van der Waals surface area (Å²) in [6.07, 6.45) is 3.25. The Hall–Kier alpha value is -3.39. The van der Waals surface area contributed by atoms with Crippen molar-refractivity contribution in [3.63, 3.8) is 0 Å². The molecule has 0 atom stereocenters. The molecule has 0 unspecified atom stereocenters. The van der Waals surface area contributed by atoms with Crippen LogP contribution in [0.25, 0.3) is 15.9 Å². The normalized spacial score (nSPS) is 14.4. The lowest BCUT2D eigenvalue weighted by Crippen LogP contribution is -2.50. The molecule has 0 saturated carbocycles. The van der Waals surface area contributed by atoms with Crippen LogP contribution in [-0.2, 0) is 0 Å². The van der Waals surface area contributed by atoms with Crippen LogP contribution in [-0.4, -0.2) is 57.3 Å². The standard InChI is InChI=1S/C23H22N4O3S/c1-15-7-8-16(2)27(15)19-17-5-3-9-24-21(17)31-20(19)23(29)26-12-10-25(11-13-26)22(28)18-6-4-14-30-18/h3-9,14H,10-13H2,1-2H3. The predicted molar refractivity (Wildman–Crippen MR) is 119 cm³/mol. The largest absolute Gasteiger partial charge is 0.459 e. The Morgan fingerprint density at radius 3 is 2.26 bits per heavy atom. The van der Waals surface area contributed by atoms with Crippen molar-refractivity contribution >= 4 is 33.4 Å². The van der Waals surface area contributed by atoms with Crippen molar-refractivity contribution in [2.45, 2.75) is 13.8 Å². The number of hydrogen-bond acceptors (Lipinski definition) is 5. The highest BCUT2D eigenvalue weighted by molar-refractivity contribution is 7.21. The Morgan fingerprint density at radius 1 is 0.935 bits per heavy atom. The Balaban J connectivity index is 1.45. The summed E-state index contributed by atoms with van der Waals surface area (Å²) in [5.74, 6) is 0.175. The number of thiophene rings is 1. The topological polar surface area (TPSA) is 71.6 Å². The number of hydrogen-bond donors (Lipinski definition) is 0. The summed E-state index contributed by atoms with van der Waals surface area (Å²) < 4.78 is 7.35. The molecule has 0 N–H and O–H groups in total. The number of aryl methyl sites for hydroxylation is 2. The summed E-state index contributed by atoms with van der Waals surface area (Å²) in [5.41, 5.74) is 3.04. The number of carbonyl (C=O) groups excluding carboxylic acids is 2. The molecule has 0 bridgehead atoms. The van der Waals surface area contributed by atoms with Crippen molar-refractivity contribution in [1.29, 1.82) is 0 Å². The van der Waals surface area contributed by atoms with Gasteiger partial charge in [0, 0.05) is 49.1 Å². The van der Waals surface area contributed by atoms with Gasteiger partial charge in [-0.3, -0.25) is 9.59 Å². The predicted octanol–water partition coefficient (Wildman–Crippen LogP) is 3.90. The van der Waals surface area contributed by atoms with E-state index >= 15 is 0 Å². The van der Waals surface area contributed by atoms with Crippen LogP contribution in [0, 0.1) is 13.8 Å². The van der Waals surface area contributed by atoms with E-state index in [1.54, 1.807) is 23.2 Å². The Labute approximate surface area is 183 Å². The van der Waals surface area contributed by atoms with Crippen molar-refractivity contribution in [2.24, 2.45) is 0 Å². The van der Waals surface area contributed by atoms with Gasteiger partial charge in [0.2, 0.25) is 0 Å². The minimum Gasteiger partial charge on any atom is -0.459 e. The monoisotopic (exact) mass is 434 g/mol. The first-order valence-electron chi connectivity index (χ1n) is 10.2. The van der Waals surface area contributed by atoms with Crippen LogP contribution in [0.15, 0.2) is 53.3 Å². The minimum absolute atomic E-state index is 0.0180. The van der Waals surface area contributed by atoms with E-state index in [9.17, 15) is 9.59 Å². The molecule has 4 aromatic rings. The summed E-state index contributed by atoms with van der Waals surface area (Å²) in [6.45, 7) is 6.00. The van der Waals surface area contributed by atoms with E-state index < -0.39 is 0 Å². The highest BCUT2D eigenvalue weighted by atomic mass is 32.1. The second-order valence-corrected chi connectivity index (χ2v) is 8.65. The first kappa shape index (κ1) is 19.6. The molecular formula is C23H22N4O3S. The molecule has 31 heavy (non-hydrogen) atoms. The molecular weight excluding hydrogens is 412 g/mol. The number of fused-ring (bicyclic) bond motifs is 1.